The van der Waals surface area contributed by atoms with Gasteiger partial charge >= 0.3 is 0 Å². The molecule has 9 aromatic carbocycles. The van der Waals surface area contributed by atoms with Crippen molar-refractivity contribution in [3.63, 3.8) is 0 Å². The van der Waals surface area contributed by atoms with Gasteiger partial charge in [0.2, 0.25) is 0 Å². The van der Waals surface area contributed by atoms with E-state index in [2.05, 4.69) is 143 Å². The van der Waals surface area contributed by atoms with Crippen LogP contribution in [0.3, 0.4) is 0 Å². The number of para-hydroxylation sites is 1. The lowest BCUT2D eigenvalue weighted by atomic mass is 9.98. The second kappa shape index (κ2) is 13.5. The molecule has 0 N–H and O–H groups in total. The summed E-state index contributed by atoms with van der Waals surface area (Å²) >= 11 is 0. The number of aromatic nitrogens is 6. The number of rotatable bonds is 6. The Balaban J connectivity index is 0.946. The third-order valence-corrected chi connectivity index (χ3v) is 12.3. The van der Waals surface area contributed by atoms with E-state index in [1.54, 1.807) is 0 Å². The Labute approximate surface area is 356 Å². The van der Waals surface area contributed by atoms with Gasteiger partial charge in [0.15, 0.2) is 17.5 Å². The normalized spacial score (nSPS) is 11.9. The molecule has 6 heteroatoms. The second-order valence-electron chi connectivity index (χ2n) is 15.9. The molecule has 62 heavy (non-hydrogen) atoms. The summed E-state index contributed by atoms with van der Waals surface area (Å²) in [6.07, 6.45) is 1.87. The van der Waals surface area contributed by atoms with Crippen LogP contribution in [-0.4, -0.2) is 29.1 Å². The maximum absolute atomic E-state index is 4.99. The van der Waals surface area contributed by atoms with E-state index >= 15 is 0 Å². The number of pyridine rings is 1. The van der Waals surface area contributed by atoms with Crippen molar-refractivity contribution in [2.75, 3.05) is 0 Å². The van der Waals surface area contributed by atoms with Crippen LogP contribution >= 0.6 is 0 Å². The molecule has 6 nitrogen and oxygen atoms in total. The highest BCUT2D eigenvalue weighted by Gasteiger charge is 2.23. The summed E-state index contributed by atoms with van der Waals surface area (Å²) in [4.78, 5) is 19.7. The Kier molecular flexibility index (Phi) is 7.50. The molecule has 288 valence electrons. The molecule has 4 heterocycles. The van der Waals surface area contributed by atoms with Crippen LogP contribution in [0.1, 0.15) is 0 Å². The van der Waals surface area contributed by atoms with E-state index in [1.807, 2.05) is 72.9 Å². The molecular formula is C56H34N6. The number of hydrogen-bond donors (Lipinski definition) is 0. The topological polar surface area (TPSA) is 61.4 Å². The van der Waals surface area contributed by atoms with Crippen LogP contribution in [-0.2, 0) is 0 Å². The number of hydrogen-bond acceptors (Lipinski definition) is 4. The number of fused-ring (bicyclic) bond motifs is 5. The van der Waals surface area contributed by atoms with Crippen LogP contribution < -0.4 is 0 Å². The molecule has 0 fully saturated rings. The Hall–Kier alpha value is -8.48. The smallest absolute Gasteiger partial charge is 0.164 e. The molecule has 13 rings (SSSR count). The zero-order valence-electron chi connectivity index (χ0n) is 33.3. The van der Waals surface area contributed by atoms with Crippen LogP contribution in [0.25, 0.3) is 122 Å². The molecule has 0 aliphatic heterocycles. The maximum atomic E-state index is 4.99. The van der Waals surface area contributed by atoms with Crippen molar-refractivity contribution in [3.05, 3.63) is 206 Å². The standard InChI is InChI=1S/C56H34N6/c1-3-13-36(14-4-1)54-58-55(37-15-5-2-6-16-37)60-56(59-54)42-19-11-18-38(32-42)39-24-25-41-33-43(28-26-40(41)31-39)61-47-22-12-17-35-27-29-45-52-44-20-7-8-21-46(44)62(50-23-9-10-30-57-50)48(52)34-49(61)53(45)51(35)47/h1-34H. The molecule has 0 unspecified atom stereocenters. The van der Waals surface area contributed by atoms with Gasteiger partial charge in [-0.3, -0.25) is 4.57 Å². The van der Waals surface area contributed by atoms with Crippen molar-refractivity contribution in [2.45, 2.75) is 0 Å². The summed E-state index contributed by atoms with van der Waals surface area (Å²) in [6.45, 7) is 0. The molecule has 0 amide bonds. The first-order valence-electron chi connectivity index (χ1n) is 20.9. The van der Waals surface area contributed by atoms with Crippen LogP contribution in [0.2, 0.25) is 0 Å². The highest BCUT2D eigenvalue weighted by atomic mass is 15.1. The molecule has 0 bridgehead atoms. The van der Waals surface area contributed by atoms with Gasteiger partial charge in [-0.25, -0.2) is 19.9 Å². The summed E-state index contributed by atoms with van der Waals surface area (Å²) in [5.74, 6) is 2.84. The van der Waals surface area contributed by atoms with Crippen LogP contribution in [0.15, 0.2) is 206 Å². The van der Waals surface area contributed by atoms with E-state index in [-0.39, 0.29) is 0 Å². The average molecular weight is 791 g/mol. The van der Waals surface area contributed by atoms with Crippen molar-refractivity contribution >= 4 is 65.2 Å². The Bertz CT molecular complexity index is 3790. The zero-order valence-corrected chi connectivity index (χ0v) is 33.3. The van der Waals surface area contributed by atoms with E-state index in [0.717, 1.165) is 50.4 Å². The van der Waals surface area contributed by atoms with Crippen molar-refractivity contribution in [1.29, 1.82) is 0 Å². The lowest BCUT2D eigenvalue weighted by Crippen LogP contribution is -2.00. The SMILES string of the molecule is c1ccc(-c2nc(-c3ccccc3)nc(-c3cccc(-c4ccc5cc(-n6c7cccc8ccc9c%10c%11ccccc%11n(-c%11ccccn%11)c%10cc6c9c87)ccc5c4)c3)n2)cc1. The molecule has 0 aliphatic carbocycles. The summed E-state index contributed by atoms with van der Waals surface area (Å²) in [5, 5.41) is 9.88. The van der Waals surface area contributed by atoms with E-state index in [0.29, 0.717) is 17.5 Å². The highest BCUT2D eigenvalue weighted by molar-refractivity contribution is 6.33. The zero-order chi connectivity index (χ0) is 40.7. The van der Waals surface area contributed by atoms with Gasteiger partial charge < -0.3 is 4.57 Å². The van der Waals surface area contributed by atoms with Crippen LogP contribution in [0.5, 0.6) is 0 Å². The van der Waals surface area contributed by atoms with Gasteiger partial charge in [0.1, 0.15) is 5.82 Å². The second-order valence-corrected chi connectivity index (χ2v) is 15.9. The van der Waals surface area contributed by atoms with Gasteiger partial charge in [-0.2, -0.15) is 0 Å². The van der Waals surface area contributed by atoms with Crippen molar-refractivity contribution < 1.29 is 0 Å². The Morgan fingerprint density at radius 3 is 1.71 bits per heavy atom. The quantitative estimate of drug-likeness (QED) is 0.157. The average Bonchev–Trinajstić information content (AvgIpc) is 3.87. The fourth-order valence-corrected chi connectivity index (χ4v) is 9.55. The molecule has 0 spiro atoms. The van der Waals surface area contributed by atoms with E-state index in [9.17, 15) is 0 Å². The minimum absolute atomic E-state index is 0.638. The number of benzene rings is 9. The van der Waals surface area contributed by atoms with E-state index in [1.165, 1.54) is 54.1 Å². The van der Waals surface area contributed by atoms with Crippen molar-refractivity contribution in [2.24, 2.45) is 0 Å². The van der Waals surface area contributed by atoms with E-state index < -0.39 is 0 Å². The van der Waals surface area contributed by atoms with Gasteiger partial charge in [0.25, 0.3) is 0 Å². The highest BCUT2D eigenvalue weighted by Crippen LogP contribution is 2.45. The predicted octanol–water partition coefficient (Wildman–Crippen LogP) is 13.9. The number of nitrogens with zero attached hydrogens (tertiary/aromatic N) is 6. The molecule has 0 atom stereocenters. The summed E-state index contributed by atoms with van der Waals surface area (Å²) in [5.41, 5.74) is 10.8. The minimum atomic E-state index is 0.638. The fraction of sp³-hybridized carbons (Fsp3) is 0. The minimum Gasteiger partial charge on any atom is -0.309 e. The first-order valence-corrected chi connectivity index (χ1v) is 20.9. The van der Waals surface area contributed by atoms with Crippen molar-refractivity contribution in [1.82, 2.24) is 29.1 Å². The third kappa shape index (κ3) is 5.30. The first kappa shape index (κ1) is 34.4. The molecule has 0 saturated heterocycles. The monoisotopic (exact) mass is 790 g/mol. The fourth-order valence-electron chi connectivity index (χ4n) is 9.55. The first-order chi connectivity index (χ1) is 30.7. The molecule has 0 radical (unpaired) electrons. The van der Waals surface area contributed by atoms with Crippen molar-refractivity contribution in [3.8, 4) is 56.8 Å². The molecule has 0 aliphatic rings. The molecule has 13 aromatic rings. The predicted molar refractivity (Wildman–Crippen MR) is 254 cm³/mol. The summed E-state index contributed by atoms with van der Waals surface area (Å²) in [6, 6.07) is 70.8. The van der Waals surface area contributed by atoms with E-state index in [4.69, 9.17) is 19.9 Å². The lowest BCUT2D eigenvalue weighted by Gasteiger charge is -2.12. The van der Waals surface area contributed by atoms with Gasteiger partial charge in [-0.15, -0.1) is 0 Å². The van der Waals surface area contributed by atoms with Gasteiger partial charge in [-0.05, 0) is 87.3 Å². The molecule has 4 aromatic heterocycles. The van der Waals surface area contributed by atoms with Gasteiger partial charge in [0.05, 0.1) is 22.1 Å². The van der Waals surface area contributed by atoms with Gasteiger partial charge in [0, 0.05) is 50.1 Å². The molecular weight excluding hydrogens is 757 g/mol. The Morgan fingerprint density at radius 2 is 0.919 bits per heavy atom. The lowest BCUT2D eigenvalue weighted by molar-refractivity contribution is 1.07. The third-order valence-electron chi connectivity index (χ3n) is 12.3. The molecule has 0 saturated carbocycles. The summed E-state index contributed by atoms with van der Waals surface area (Å²) < 4.78 is 4.76. The maximum Gasteiger partial charge on any atom is 0.164 e. The van der Waals surface area contributed by atoms with Crippen LogP contribution in [0.4, 0.5) is 0 Å². The Morgan fingerprint density at radius 1 is 0.306 bits per heavy atom. The van der Waals surface area contributed by atoms with Crippen LogP contribution in [0, 0.1) is 0 Å². The van der Waals surface area contributed by atoms with Gasteiger partial charge in [-0.1, -0.05) is 146 Å². The summed E-state index contributed by atoms with van der Waals surface area (Å²) in [7, 11) is 0. The largest absolute Gasteiger partial charge is 0.309 e.